The summed E-state index contributed by atoms with van der Waals surface area (Å²) in [5, 5.41) is 16.2. The van der Waals surface area contributed by atoms with E-state index >= 15 is 0 Å². The Labute approximate surface area is 217 Å². The molecule has 0 aliphatic carbocycles. The van der Waals surface area contributed by atoms with E-state index in [0.29, 0.717) is 12.8 Å². The molecule has 0 unspecified atom stereocenters. The summed E-state index contributed by atoms with van der Waals surface area (Å²) in [5.74, 6) is -1.30. The number of nitrogens with one attached hydrogen (secondary N) is 2. The van der Waals surface area contributed by atoms with Crippen molar-refractivity contribution in [3.63, 3.8) is 0 Å². The maximum atomic E-state index is 12.9. The Balaban J connectivity index is 2.03. The van der Waals surface area contributed by atoms with Gasteiger partial charge in [-0.2, -0.15) is 0 Å². The van der Waals surface area contributed by atoms with E-state index < -0.39 is 40.8 Å². The Morgan fingerprint density at radius 1 is 0.811 bits per heavy atom. The molecular weight excluding hydrogens is 474 g/mol. The molecule has 2 aromatic rings. The molecule has 3 amide bonds. The summed E-state index contributed by atoms with van der Waals surface area (Å²) in [6, 6.07) is 11.1. The molecule has 37 heavy (non-hydrogen) atoms. The molecule has 2 rings (SSSR count). The molecule has 0 saturated heterocycles. The number of rotatable bonds is 13. The summed E-state index contributed by atoms with van der Waals surface area (Å²) in [7, 11) is 0. The van der Waals surface area contributed by atoms with Gasteiger partial charge in [0.25, 0.3) is 5.69 Å². The van der Waals surface area contributed by atoms with Gasteiger partial charge in [-0.15, -0.1) is 0 Å². The van der Waals surface area contributed by atoms with E-state index in [-0.39, 0.29) is 23.9 Å². The number of hydrogen-bond acceptors (Lipinski definition) is 6. The van der Waals surface area contributed by atoms with E-state index in [4.69, 9.17) is 11.5 Å². The van der Waals surface area contributed by atoms with Gasteiger partial charge >= 0.3 is 0 Å². The highest BCUT2D eigenvalue weighted by Gasteiger charge is 2.28. The third-order valence-electron chi connectivity index (χ3n) is 5.86. The lowest BCUT2D eigenvalue weighted by Gasteiger charge is -2.25. The fourth-order valence-electron chi connectivity index (χ4n) is 3.93. The molecule has 0 saturated carbocycles. The number of benzene rings is 2. The van der Waals surface area contributed by atoms with Gasteiger partial charge in [0.15, 0.2) is 0 Å². The first kappa shape index (κ1) is 29.4. The van der Waals surface area contributed by atoms with E-state index in [1.807, 2.05) is 52.0 Å². The summed E-state index contributed by atoms with van der Waals surface area (Å²) in [6.45, 7) is 7.71. The standard InChI is InChI=1S/C27H37N5O5/c1-16(2)13-23(25(29)33)30-27(35)24(14-17(3)4)31-26(34)22(28)15-18-5-7-19(8-6-18)20-9-11-21(12-10-20)32(36)37/h5-12,16-17,22-24H,13-15,28H2,1-4H3,(H2,29,33)(H,30,35)(H,31,34)/t22-,23-,24-/m0/s1. The maximum absolute atomic E-state index is 12.9. The molecule has 0 fully saturated rings. The molecule has 200 valence electrons. The zero-order chi connectivity index (χ0) is 27.7. The third kappa shape index (κ3) is 9.30. The second-order valence-electron chi connectivity index (χ2n) is 10.1. The van der Waals surface area contributed by atoms with Crippen LogP contribution in [0.2, 0.25) is 0 Å². The first-order valence-electron chi connectivity index (χ1n) is 12.4. The minimum Gasteiger partial charge on any atom is -0.368 e. The topological polar surface area (TPSA) is 170 Å². The Morgan fingerprint density at radius 3 is 1.73 bits per heavy atom. The molecule has 0 spiro atoms. The first-order valence-corrected chi connectivity index (χ1v) is 12.4. The molecule has 0 aliphatic heterocycles. The summed E-state index contributed by atoms with van der Waals surface area (Å²) >= 11 is 0. The number of carbonyl (C=O) groups is 3. The number of carbonyl (C=O) groups excluding carboxylic acids is 3. The van der Waals surface area contributed by atoms with Gasteiger partial charge in [0.05, 0.1) is 11.0 Å². The van der Waals surface area contributed by atoms with Gasteiger partial charge in [0.1, 0.15) is 12.1 Å². The minimum absolute atomic E-state index is 0.0203. The molecule has 0 radical (unpaired) electrons. The van der Waals surface area contributed by atoms with Crippen LogP contribution in [0.3, 0.4) is 0 Å². The highest BCUT2D eigenvalue weighted by Crippen LogP contribution is 2.23. The molecule has 0 bridgehead atoms. The summed E-state index contributed by atoms with van der Waals surface area (Å²) in [5.41, 5.74) is 14.1. The van der Waals surface area contributed by atoms with Gasteiger partial charge < -0.3 is 22.1 Å². The molecule has 2 aromatic carbocycles. The first-order chi connectivity index (χ1) is 17.4. The van der Waals surface area contributed by atoms with Crippen LogP contribution in [-0.4, -0.2) is 40.8 Å². The highest BCUT2D eigenvalue weighted by atomic mass is 16.6. The SMILES string of the molecule is CC(C)C[C@H](NC(=O)[C@H](CC(C)C)NC(=O)[C@@H](N)Cc1ccc(-c2ccc([N+](=O)[O-])cc2)cc1)C(N)=O. The summed E-state index contributed by atoms with van der Waals surface area (Å²) in [4.78, 5) is 47.9. The lowest BCUT2D eigenvalue weighted by atomic mass is 9.98. The Morgan fingerprint density at radius 2 is 1.27 bits per heavy atom. The van der Waals surface area contributed by atoms with Gasteiger partial charge in [0, 0.05) is 12.1 Å². The van der Waals surface area contributed by atoms with E-state index in [2.05, 4.69) is 10.6 Å². The molecule has 10 heteroatoms. The van der Waals surface area contributed by atoms with Crippen LogP contribution in [0.15, 0.2) is 48.5 Å². The van der Waals surface area contributed by atoms with Gasteiger partial charge in [-0.05, 0) is 59.9 Å². The number of nitrogens with two attached hydrogens (primary N) is 2. The van der Waals surface area contributed by atoms with Crippen molar-refractivity contribution in [1.82, 2.24) is 10.6 Å². The monoisotopic (exact) mass is 511 g/mol. The van der Waals surface area contributed by atoms with Gasteiger partial charge in [0.2, 0.25) is 17.7 Å². The molecule has 3 atom stereocenters. The summed E-state index contributed by atoms with van der Waals surface area (Å²) < 4.78 is 0. The number of non-ortho nitro benzene ring substituents is 1. The molecule has 0 heterocycles. The van der Waals surface area contributed by atoms with Crippen LogP contribution in [0.25, 0.3) is 11.1 Å². The number of amides is 3. The van der Waals surface area contributed by atoms with Crippen molar-refractivity contribution in [2.75, 3.05) is 0 Å². The number of nitro benzene ring substituents is 1. The quantitative estimate of drug-likeness (QED) is 0.238. The molecular formula is C27H37N5O5. The average molecular weight is 512 g/mol. The van der Waals surface area contributed by atoms with Gasteiger partial charge in [-0.1, -0.05) is 52.0 Å². The fraction of sp³-hybridized carbons (Fsp3) is 0.444. The van der Waals surface area contributed by atoms with E-state index in [1.54, 1.807) is 12.1 Å². The van der Waals surface area contributed by atoms with Crippen molar-refractivity contribution in [3.8, 4) is 11.1 Å². The number of nitrogens with zero attached hydrogens (tertiary/aromatic N) is 1. The van der Waals surface area contributed by atoms with Crippen LogP contribution < -0.4 is 22.1 Å². The van der Waals surface area contributed by atoms with E-state index in [1.165, 1.54) is 12.1 Å². The second kappa shape index (κ2) is 13.5. The van der Waals surface area contributed by atoms with Gasteiger partial charge in [-0.25, -0.2) is 0 Å². The Bertz CT molecular complexity index is 1080. The van der Waals surface area contributed by atoms with E-state index in [0.717, 1.165) is 16.7 Å². The highest BCUT2D eigenvalue weighted by molar-refractivity contribution is 5.92. The van der Waals surface area contributed by atoms with Crippen molar-refractivity contribution in [1.29, 1.82) is 0 Å². The largest absolute Gasteiger partial charge is 0.368 e. The van der Waals surface area contributed by atoms with Crippen molar-refractivity contribution in [2.24, 2.45) is 23.3 Å². The smallest absolute Gasteiger partial charge is 0.269 e. The molecule has 0 aromatic heterocycles. The lowest BCUT2D eigenvalue weighted by molar-refractivity contribution is -0.384. The van der Waals surface area contributed by atoms with Crippen molar-refractivity contribution in [3.05, 3.63) is 64.2 Å². The van der Waals surface area contributed by atoms with Crippen LogP contribution in [0.4, 0.5) is 5.69 Å². The van der Waals surface area contributed by atoms with E-state index in [9.17, 15) is 24.5 Å². The fourth-order valence-corrected chi connectivity index (χ4v) is 3.93. The van der Waals surface area contributed by atoms with Crippen LogP contribution in [0.5, 0.6) is 0 Å². The molecule has 10 nitrogen and oxygen atoms in total. The average Bonchev–Trinajstić information content (AvgIpc) is 2.83. The molecule has 0 aliphatic rings. The third-order valence-corrected chi connectivity index (χ3v) is 5.86. The summed E-state index contributed by atoms with van der Waals surface area (Å²) in [6.07, 6.45) is 1.03. The zero-order valence-corrected chi connectivity index (χ0v) is 21.8. The normalized spacial score (nSPS) is 13.6. The number of primary amides is 1. The van der Waals surface area contributed by atoms with Crippen molar-refractivity contribution in [2.45, 2.75) is 65.1 Å². The Kier molecular flexibility index (Phi) is 10.7. The molecule has 6 N–H and O–H groups in total. The predicted octanol–water partition coefficient (Wildman–Crippen LogP) is 2.68. The lowest BCUT2D eigenvalue weighted by Crippen LogP contribution is -2.56. The van der Waals surface area contributed by atoms with Crippen LogP contribution in [0.1, 0.15) is 46.1 Å². The van der Waals surface area contributed by atoms with Gasteiger partial charge in [-0.3, -0.25) is 24.5 Å². The number of hydrogen-bond donors (Lipinski definition) is 4. The van der Waals surface area contributed by atoms with Crippen molar-refractivity contribution >= 4 is 23.4 Å². The maximum Gasteiger partial charge on any atom is 0.269 e. The Hall–Kier alpha value is -3.79. The minimum atomic E-state index is -0.893. The second-order valence-corrected chi connectivity index (χ2v) is 10.1. The number of nitro groups is 1. The predicted molar refractivity (Wildman–Crippen MR) is 142 cm³/mol. The zero-order valence-electron chi connectivity index (χ0n) is 21.8. The van der Waals surface area contributed by atoms with Crippen LogP contribution in [0, 0.1) is 22.0 Å². The van der Waals surface area contributed by atoms with Crippen molar-refractivity contribution < 1.29 is 19.3 Å². The van der Waals surface area contributed by atoms with Crippen LogP contribution >= 0.6 is 0 Å². The van der Waals surface area contributed by atoms with Crippen LogP contribution in [-0.2, 0) is 20.8 Å².